The molecule has 1 aliphatic heterocycles. The predicted molar refractivity (Wildman–Crippen MR) is 78.7 cm³/mol. The van der Waals surface area contributed by atoms with Gasteiger partial charge < -0.3 is 10.1 Å². The summed E-state index contributed by atoms with van der Waals surface area (Å²) in [6.07, 6.45) is 2.01. The maximum absolute atomic E-state index is 12.0. The van der Waals surface area contributed by atoms with Crippen molar-refractivity contribution in [2.75, 3.05) is 19.8 Å². The Labute approximate surface area is 128 Å². The van der Waals surface area contributed by atoms with Gasteiger partial charge in [0.15, 0.2) is 0 Å². The minimum Gasteiger partial charge on any atom is -0.381 e. The van der Waals surface area contributed by atoms with E-state index in [4.69, 9.17) is 21.5 Å². The molecule has 1 aromatic rings. The number of hydrogen-bond acceptors (Lipinski definition) is 4. The first-order valence-corrected chi connectivity index (χ1v) is 8.48. The van der Waals surface area contributed by atoms with Crippen LogP contribution in [0.2, 0.25) is 5.02 Å². The summed E-state index contributed by atoms with van der Waals surface area (Å²) in [5.74, 6) is 0.00491. The lowest BCUT2D eigenvalue weighted by atomic mass is 10.0. The molecule has 8 heteroatoms. The largest absolute Gasteiger partial charge is 0.381 e. The van der Waals surface area contributed by atoms with Crippen LogP contribution in [0.25, 0.3) is 0 Å². The minimum absolute atomic E-state index is 0.0638. The van der Waals surface area contributed by atoms with E-state index in [0.717, 1.165) is 19.4 Å². The Morgan fingerprint density at radius 1 is 1.48 bits per heavy atom. The number of nitrogens with one attached hydrogen (secondary N) is 1. The molecule has 0 saturated carbocycles. The summed E-state index contributed by atoms with van der Waals surface area (Å²) in [6, 6.07) is 3.92. The molecule has 6 nitrogen and oxygen atoms in total. The molecule has 1 aliphatic rings. The monoisotopic (exact) mass is 332 g/mol. The third kappa shape index (κ3) is 4.41. The van der Waals surface area contributed by atoms with E-state index >= 15 is 0 Å². The Bertz CT molecular complexity index is 627. The summed E-state index contributed by atoms with van der Waals surface area (Å²) >= 11 is 5.85. The first-order chi connectivity index (χ1) is 9.88. The maximum atomic E-state index is 12.0. The summed E-state index contributed by atoms with van der Waals surface area (Å²) in [6.45, 7) is 1.94. The van der Waals surface area contributed by atoms with Crippen LogP contribution in [-0.2, 0) is 14.8 Å². The van der Waals surface area contributed by atoms with Crippen molar-refractivity contribution in [1.29, 1.82) is 0 Å². The van der Waals surface area contributed by atoms with Gasteiger partial charge in [-0.15, -0.1) is 0 Å². The van der Waals surface area contributed by atoms with Gasteiger partial charge in [0.1, 0.15) is 4.90 Å². The highest BCUT2D eigenvalue weighted by molar-refractivity contribution is 7.89. The normalized spacial score (nSPS) is 19.2. The van der Waals surface area contributed by atoms with Crippen molar-refractivity contribution >= 4 is 27.5 Å². The van der Waals surface area contributed by atoms with Crippen LogP contribution in [0, 0.1) is 5.92 Å². The van der Waals surface area contributed by atoms with E-state index in [2.05, 4.69) is 5.32 Å². The van der Waals surface area contributed by atoms with Crippen molar-refractivity contribution in [2.24, 2.45) is 11.1 Å². The van der Waals surface area contributed by atoms with E-state index in [0.29, 0.717) is 24.6 Å². The number of ether oxygens (including phenoxy) is 1. The molecule has 21 heavy (non-hydrogen) atoms. The molecule has 1 aromatic carbocycles. The third-order valence-corrected chi connectivity index (χ3v) is 4.70. The van der Waals surface area contributed by atoms with Gasteiger partial charge >= 0.3 is 0 Å². The summed E-state index contributed by atoms with van der Waals surface area (Å²) in [5, 5.41) is 7.75. The lowest BCUT2D eigenvalue weighted by molar-refractivity contribution is 0.0536. The fourth-order valence-corrected chi connectivity index (χ4v) is 3.27. The molecule has 0 bridgehead atoms. The number of hydrogen-bond donors (Lipinski definition) is 2. The van der Waals surface area contributed by atoms with Gasteiger partial charge in [-0.1, -0.05) is 11.6 Å². The molecule has 1 saturated heterocycles. The van der Waals surface area contributed by atoms with Gasteiger partial charge in [-0.25, -0.2) is 13.6 Å². The molecular weight excluding hydrogens is 316 g/mol. The topological polar surface area (TPSA) is 98.5 Å². The Morgan fingerprint density at radius 2 is 2.24 bits per heavy atom. The van der Waals surface area contributed by atoms with Gasteiger partial charge in [0, 0.05) is 18.7 Å². The van der Waals surface area contributed by atoms with Crippen LogP contribution in [0.5, 0.6) is 0 Å². The molecule has 3 N–H and O–H groups in total. The van der Waals surface area contributed by atoms with Gasteiger partial charge in [0.2, 0.25) is 10.0 Å². The van der Waals surface area contributed by atoms with Crippen LogP contribution in [0.15, 0.2) is 23.1 Å². The van der Waals surface area contributed by atoms with Crippen LogP contribution < -0.4 is 10.5 Å². The lowest BCUT2D eigenvalue weighted by Crippen LogP contribution is -2.33. The molecule has 1 amide bonds. The number of nitrogens with two attached hydrogens (primary N) is 1. The van der Waals surface area contributed by atoms with Gasteiger partial charge in [0.25, 0.3) is 5.91 Å². The van der Waals surface area contributed by atoms with Crippen molar-refractivity contribution in [2.45, 2.75) is 17.7 Å². The molecule has 1 fully saturated rings. The number of benzene rings is 1. The Balaban J connectivity index is 2.01. The molecule has 1 atom stereocenters. The number of primary sulfonamides is 1. The SMILES string of the molecule is NS(=O)(=O)c1ccc(C(=O)NC[C@H]2CCCOC2)cc1Cl. The fraction of sp³-hybridized carbons (Fsp3) is 0.462. The molecule has 2 rings (SSSR count). The molecular formula is C13H17ClN2O4S. The Hall–Kier alpha value is -1.15. The molecule has 1 heterocycles. The number of carbonyl (C=O) groups excluding carboxylic acids is 1. The second-order valence-electron chi connectivity index (χ2n) is 4.98. The van der Waals surface area contributed by atoms with E-state index in [1.54, 1.807) is 0 Å². The van der Waals surface area contributed by atoms with Gasteiger partial charge in [-0.05, 0) is 37.0 Å². The Morgan fingerprint density at radius 3 is 2.81 bits per heavy atom. The van der Waals surface area contributed by atoms with Gasteiger partial charge in [0.05, 0.1) is 11.6 Å². The number of carbonyl (C=O) groups is 1. The molecule has 0 aromatic heterocycles. The highest BCUT2D eigenvalue weighted by atomic mass is 35.5. The average Bonchev–Trinajstić information content (AvgIpc) is 2.44. The zero-order valence-electron chi connectivity index (χ0n) is 11.3. The summed E-state index contributed by atoms with van der Waals surface area (Å²) in [5.41, 5.74) is 0.295. The smallest absolute Gasteiger partial charge is 0.251 e. The van der Waals surface area contributed by atoms with E-state index in [1.165, 1.54) is 18.2 Å². The van der Waals surface area contributed by atoms with Crippen LogP contribution in [0.3, 0.4) is 0 Å². The number of sulfonamides is 1. The van der Waals surface area contributed by atoms with Crippen LogP contribution in [0.1, 0.15) is 23.2 Å². The quantitative estimate of drug-likeness (QED) is 0.863. The van der Waals surface area contributed by atoms with E-state index in [9.17, 15) is 13.2 Å². The van der Waals surface area contributed by atoms with Crippen molar-refractivity contribution < 1.29 is 17.9 Å². The first-order valence-electron chi connectivity index (χ1n) is 6.56. The summed E-state index contributed by atoms with van der Waals surface area (Å²) in [7, 11) is -3.89. The molecule has 0 aliphatic carbocycles. The third-order valence-electron chi connectivity index (χ3n) is 3.31. The number of halogens is 1. The van der Waals surface area contributed by atoms with Crippen molar-refractivity contribution in [3.05, 3.63) is 28.8 Å². The predicted octanol–water partition coefficient (Wildman–Crippen LogP) is 1.14. The molecule has 0 spiro atoms. The standard InChI is InChI=1S/C13H17ClN2O4S/c14-11-6-10(3-4-12(11)21(15,18)19)13(17)16-7-9-2-1-5-20-8-9/h3-4,6,9H,1-2,5,7-8H2,(H,16,17)(H2,15,18,19)/t9-/m1/s1. The highest BCUT2D eigenvalue weighted by Gasteiger charge is 2.17. The van der Waals surface area contributed by atoms with Crippen molar-refractivity contribution in [3.8, 4) is 0 Å². The van der Waals surface area contributed by atoms with E-state index in [-0.39, 0.29) is 15.8 Å². The molecule has 0 radical (unpaired) electrons. The van der Waals surface area contributed by atoms with Crippen molar-refractivity contribution in [1.82, 2.24) is 5.32 Å². The molecule has 116 valence electrons. The lowest BCUT2D eigenvalue weighted by Gasteiger charge is -2.22. The second kappa shape index (κ2) is 6.74. The fourth-order valence-electron chi connectivity index (χ4n) is 2.18. The van der Waals surface area contributed by atoms with Gasteiger partial charge in [-0.2, -0.15) is 0 Å². The zero-order valence-corrected chi connectivity index (χ0v) is 12.9. The number of amides is 1. The van der Waals surface area contributed by atoms with Crippen LogP contribution >= 0.6 is 11.6 Å². The van der Waals surface area contributed by atoms with Crippen molar-refractivity contribution in [3.63, 3.8) is 0 Å². The van der Waals surface area contributed by atoms with Gasteiger partial charge in [-0.3, -0.25) is 4.79 Å². The zero-order chi connectivity index (χ0) is 15.5. The molecule has 0 unspecified atom stereocenters. The maximum Gasteiger partial charge on any atom is 0.251 e. The van der Waals surface area contributed by atoms with Crippen LogP contribution in [-0.4, -0.2) is 34.1 Å². The highest BCUT2D eigenvalue weighted by Crippen LogP contribution is 2.21. The summed E-state index contributed by atoms with van der Waals surface area (Å²) < 4.78 is 27.8. The minimum atomic E-state index is -3.89. The second-order valence-corrected chi connectivity index (χ2v) is 6.92. The summed E-state index contributed by atoms with van der Waals surface area (Å²) in [4.78, 5) is 11.8. The first kappa shape index (κ1) is 16.2. The Kier molecular flexibility index (Phi) is 5.21. The van der Waals surface area contributed by atoms with Crippen LogP contribution in [0.4, 0.5) is 0 Å². The van der Waals surface area contributed by atoms with E-state index < -0.39 is 10.0 Å². The number of rotatable bonds is 4. The average molecular weight is 333 g/mol. The van der Waals surface area contributed by atoms with E-state index in [1.807, 2.05) is 0 Å².